The van der Waals surface area contributed by atoms with Gasteiger partial charge in [0.15, 0.2) is 0 Å². The minimum atomic E-state index is -0.128. The Morgan fingerprint density at radius 3 is 2.10 bits per heavy atom. The zero-order valence-electron chi connectivity index (χ0n) is 14.2. The first-order chi connectivity index (χ1) is 9.30. The van der Waals surface area contributed by atoms with Gasteiger partial charge >= 0.3 is 0 Å². The smallest absolute Gasteiger partial charge is 0.0611 e. The topological polar surface area (TPSA) is 38.7 Å². The molecule has 0 aromatic heterocycles. The van der Waals surface area contributed by atoms with Gasteiger partial charge < -0.3 is 15.3 Å². The summed E-state index contributed by atoms with van der Waals surface area (Å²) in [5.74, 6) is 0. The molecule has 1 unspecified atom stereocenters. The number of aliphatic hydroxyl groups excluding tert-OH is 1. The van der Waals surface area contributed by atoms with Gasteiger partial charge in [0.2, 0.25) is 0 Å². The van der Waals surface area contributed by atoms with Crippen molar-refractivity contribution in [2.75, 3.05) is 45.9 Å². The molecule has 1 aliphatic rings. The highest BCUT2D eigenvalue weighted by Gasteiger charge is 2.27. The molecule has 0 amide bonds. The number of hydrogen-bond donors (Lipinski definition) is 2. The van der Waals surface area contributed by atoms with Crippen LogP contribution in [0.5, 0.6) is 0 Å². The average Bonchev–Trinajstić information content (AvgIpc) is 2.42. The number of hydrogen-bond acceptors (Lipinski definition) is 4. The maximum absolute atomic E-state index is 9.60. The van der Waals surface area contributed by atoms with E-state index in [1.165, 1.54) is 0 Å². The monoisotopic (exact) mass is 285 g/mol. The fourth-order valence-electron chi connectivity index (χ4n) is 2.70. The quantitative estimate of drug-likeness (QED) is 0.744. The zero-order chi connectivity index (χ0) is 15.2. The first kappa shape index (κ1) is 17.9. The van der Waals surface area contributed by atoms with Gasteiger partial charge in [-0.3, -0.25) is 4.90 Å². The van der Waals surface area contributed by atoms with Crippen LogP contribution >= 0.6 is 0 Å². The lowest BCUT2D eigenvalue weighted by molar-refractivity contribution is 0.0547. The molecule has 2 N–H and O–H groups in total. The molecule has 120 valence electrons. The fourth-order valence-corrected chi connectivity index (χ4v) is 2.70. The van der Waals surface area contributed by atoms with Crippen molar-refractivity contribution in [1.29, 1.82) is 0 Å². The molecule has 1 saturated heterocycles. The second-order valence-electron chi connectivity index (χ2n) is 7.40. The van der Waals surface area contributed by atoms with Crippen molar-refractivity contribution >= 4 is 0 Å². The molecule has 0 spiro atoms. The molecule has 0 aromatic carbocycles. The summed E-state index contributed by atoms with van der Waals surface area (Å²) in [7, 11) is 0. The minimum Gasteiger partial charge on any atom is -0.394 e. The summed E-state index contributed by atoms with van der Waals surface area (Å²) < 4.78 is 0. The third kappa shape index (κ3) is 5.68. The van der Waals surface area contributed by atoms with Crippen molar-refractivity contribution in [1.82, 2.24) is 15.1 Å². The third-order valence-electron chi connectivity index (χ3n) is 4.45. The Labute approximate surface area is 125 Å². The van der Waals surface area contributed by atoms with Gasteiger partial charge in [-0.25, -0.2) is 0 Å². The Bertz CT molecular complexity index is 269. The van der Waals surface area contributed by atoms with Gasteiger partial charge in [-0.15, -0.1) is 0 Å². The third-order valence-corrected chi connectivity index (χ3v) is 4.45. The predicted octanol–water partition coefficient (Wildman–Crippen LogP) is 1.54. The van der Waals surface area contributed by atoms with E-state index < -0.39 is 0 Å². The number of rotatable bonds is 7. The van der Waals surface area contributed by atoms with Gasteiger partial charge in [-0.05, 0) is 47.1 Å². The van der Waals surface area contributed by atoms with Crippen LogP contribution < -0.4 is 5.32 Å². The predicted molar refractivity (Wildman–Crippen MR) is 86.2 cm³/mol. The summed E-state index contributed by atoms with van der Waals surface area (Å²) >= 11 is 0. The van der Waals surface area contributed by atoms with E-state index in [1.54, 1.807) is 0 Å². The highest BCUT2D eigenvalue weighted by atomic mass is 16.3. The molecule has 4 heteroatoms. The summed E-state index contributed by atoms with van der Waals surface area (Å²) in [5, 5.41) is 13.1. The zero-order valence-corrected chi connectivity index (χ0v) is 14.2. The summed E-state index contributed by atoms with van der Waals surface area (Å²) in [5.41, 5.74) is 0.158. The number of aliphatic hydroxyl groups is 1. The maximum atomic E-state index is 9.60. The van der Waals surface area contributed by atoms with Gasteiger partial charge in [-0.1, -0.05) is 6.92 Å². The summed E-state index contributed by atoms with van der Waals surface area (Å²) in [6.45, 7) is 18.0. The molecule has 1 aliphatic heterocycles. The van der Waals surface area contributed by atoms with Crippen LogP contribution in [0.15, 0.2) is 0 Å². The van der Waals surface area contributed by atoms with Crippen LogP contribution in [0.4, 0.5) is 0 Å². The van der Waals surface area contributed by atoms with E-state index in [9.17, 15) is 5.11 Å². The van der Waals surface area contributed by atoms with Gasteiger partial charge in [0.25, 0.3) is 0 Å². The highest BCUT2D eigenvalue weighted by molar-refractivity contribution is 4.86. The molecule has 0 bridgehead atoms. The van der Waals surface area contributed by atoms with Crippen LogP contribution in [-0.4, -0.2) is 71.9 Å². The van der Waals surface area contributed by atoms with Crippen molar-refractivity contribution in [3.8, 4) is 0 Å². The Morgan fingerprint density at radius 2 is 1.65 bits per heavy atom. The molecule has 0 saturated carbocycles. The lowest BCUT2D eigenvalue weighted by Gasteiger charge is -2.43. The van der Waals surface area contributed by atoms with Gasteiger partial charge in [0.1, 0.15) is 0 Å². The van der Waals surface area contributed by atoms with Crippen molar-refractivity contribution in [3.63, 3.8) is 0 Å². The number of piperazine rings is 1. The molecular weight excluding hydrogens is 250 g/mol. The van der Waals surface area contributed by atoms with E-state index in [4.69, 9.17) is 0 Å². The summed E-state index contributed by atoms with van der Waals surface area (Å²) in [6, 6.07) is 0. The normalized spacial score (nSPS) is 21.9. The summed E-state index contributed by atoms with van der Waals surface area (Å²) in [6.07, 6.45) is 2.12. The van der Waals surface area contributed by atoms with Gasteiger partial charge in [0, 0.05) is 43.8 Å². The van der Waals surface area contributed by atoms with Crippen LogP contribution in [0.3, 0.4) is 0 Å². The second-order valence-corrected chi connectivity index (χ2v) is 7.40. The Kier molecular flexibility index (Phi) is 6.92. The lowest BCUT2D eigenvalue weighted by Crippen LogP contribution is -2.55. The maximum Gasteiger partial charge on any atom is 0.0611 e. The van der Waals surface area contributed by atoms with Crippen molar-refractivity contribution in [3.05, 3.63) is 0 Å². The minimum absolute atomic E-state index is 0.128. The number of nitrogens with zero attached hydrogens (tertiary/aromatic N) is 2. The standard InChI is InChI=1S/C16H35N3O/c1-6-8-17-16(5,14-20)7-9-18-10-12-19(13-11-18)15(2,3)4/h17,20H,6-14H2,1-5H3. The summed E-state index contributed by atoms with van der Waals surface area (Å²) in [4.78, 5) is 5.09. The van der Waals surface area contributed by atoms with Crippen LogP contribution in [0, 0.1) is 0 Å². The molecule has 20 heavy (non-hydrogen) atoms. The van der Waals surface area contributed by atoms with Crippen LogP contribution in [0.2, 0.25) is 0 Å². The van der Waals surface area contributed by atoms with Gasteiger partial charge in [-0.2, -0.15) is 0 Å². The highest BCUT2D eigenvalue weighted by Crippen LogP contribution is 2.17. The molecular formula is C16H35N3O. The molecule has 1 rings (SSSR count). The molecule has 4 nitrogen and oxygen atoms in total. The Balaban J connectivity index is 2.33. The molecule has 1 fully saturated rings. The fraction of sp³-hybridized carbons (Fsp3) is 1.00. The van der Waals surface area contributed by atoms with Crippen LogP contribution in [0.1, 0.15) is 47.5 Å². The van der Waals surface area contributed by atoms with E-state index in [0.29, 0.717) is 0 Å². The van der Waals surface area contributed by atoms with Crippen LogP contribution in [0.25, 0.3) is 0 Å². The SMILES string of the molecule is CCCNC(C)(CO)CCN1CCN(C(C)(C)C)CC1. The van der Waals surface area contributed by atoms with E-state index in [-0.39, 0.29) is 17.7 Å². The average molecular weight is 285 g/mol. The molecule has 0 aliphatic carbocycles. The van der Waals surface area contributed by atoms with E-state index in [2.05, 4.69) is 49.7 Å². The largest absolute Gasteiger partial charge is 0.394 e. The first-order valence-electron chi connectivity index (χ1n) is 8.14. The molecule has 0 radical (unpaired) electrons. The molecule has 1 atom stereocenters. The van der Waals surface area contributed by atoms with E-state index in [1.807, 2.05) is 0 Å². The van der Waals surface area contributed by atoms with Crippen molar-refractivity contribution < 1.29 is 5.11 Å². The Morgan fingerprint density at radius 1 is 1.05 bits per heavy atom. The van der Waals surface area contributed by atoms with Crippen molar-refractivity contribution in [2.45, 2.75) is 58.5 Å². The number of nitrogens with one attached hydrogen (secondary N) is 1. The molecule has 0 aromatic rings. The first-order valence-corrected chi connectivity index (χ1v) is 8.14. The van der Waals surface area contributed by atoms with Crippen molar-refractivity contribution in [2.24, 2.45) is 0 Å². The van der Waals surface area contributed by atoms with Crippen LogP contribution in [-0.2, 0) is 0 Å². The van der Waals surface area contributed by atoms with Gasteiger partial charge in [0.05, 0.1) is 6.61 Å². The van der Waals surface area contributed by atoms with E-state index in [0.717, 1.165) is 52.1 Å². The Hall–Kier alpha value is -0.160. The molecule has 1 heterocycles. The second kappa shape index (κ2) is 7.74. The van der Waals surface area contributed by atoms with E-state index >= 15 is 0 Å². The lowest BCUT2D eigenvalue weighted by atomic mass is 9.98.